The van der Waals surface area contributed by atoms with Crippen LogP contribution in [0.4, 0.5) is 0 Å². The van der Waals surface area contributed by atoms with Gasteiger partial charge in [-0.3, -0.25) is 0 Å². The van der Waals surface area contributed by atoms with Crippen LogP contribution >= 0.6 is 11.3 Å². The number of thiazole rings is 1. The Morgan fingerprint density at radius 2 is 2.22 bits per heavy atom. The van der Waals surface area contributed by atoms with E-state index >= 15 is 0 Å². The average molecular weight is 262 g/mol. The molecule has 0 fully saturated rings. The molecule has 0 aliphatic carbocycles. The Balaban J connectivity index is 2.07. The van der Waals surface area contributed by atoms with Gasteiger partial charge < -0.3 is 10.1 Å². The second kappa shape index (κ2) is 6.52. The lowest BCUT2D eigenvalue weighted by Crippen LogP contribution is -2.18. The number of nitrogens with zero attached hydrogens (tertiary/aromatic N) is 1. The molecule has 1 aromatic carbocycles. The van der Waals surface area contributed by atoms with Crippen molar-refractivity contribution in [3.05, 3.63) is 46.4 Å². The minimum atomic E-state index is 0.293. The molecule has 1 unspecified atom stereocenters. The third-order valence-corrected chi connectivity index (χ3v) is 3.39. The van der Waals surface area contributed by atoms with E-state index in [1.807, 2.05) is 29.1 Å². The lowest BCUT2D eigenvalue weighted by Gasteiger charge is -2.17. The number of nitrogens with one attached hydrogen (secondary N) is 1. The third kappa shape index (κ3) is 3.31. The Labute approximate surface area is 112 Å². The van der Waals surface area contributed by atoms with E-state index in [1.54, 1.807) is 11.3 Å². The maximum Gasteiger partial charge on any atom is 0.131 e. The highest BCUT2D eigenvalue weighted by atomic mass is 32.1. The van der Waals surface area contributed by atoms with Crippen LogP contribution in [0.25, 0.3) is 0 Å². The van der Waals surface area contributed by atoms with Gasteiger partial charge in [0.25, 0.3) is 0 Å². The topological polar surface area (TPSA) is 34.1 Å². The fraction of sp³-hybridized carbons (Fsp3) is 0.357. The number of rotatable bonds is 6. The van der Waals surface area contributed by atoms with Gasteiger partial charge in [-0.2, -0.15) is 0 Å². The van der Waals surface area contributed by atoms with Crippen LogP contribution in [0.1, 0.15) is 31.1 Å². The molecule has 0 bridgehead atoms. The lowest BCUT2D eigenvalue weighted by molar-refractivity contribution is 0.296. The second-order valence-electron chi connectivity index (χ2n) is 4.09. The molecule has 0 aliphatic heterocycles. The van der Waals surface area contributed by atoms with Gasteiger partial charge >= 0.3 is 0 Å². The van der Waals surface area contributed by atoms with Crippen molar-refractivity contribution in [1.29, 1.82) is 0 Å². The first-order valence-corrected chi connectivity index (χ1v) is 7.07. The Kier molecular flexibility index (Phi) is 4.73. The maximum atomic E-state index is 5.85. The van der Waals surface area contributed by atoms with Gasteiger partial charge in [0.1, 0.15) is 12.4 Å². The normalized spacial score (nSPS) is 12.3. The Morgan fingerprint density at radius 3 is 2.94 bits per heavy atom. The monoisotopic (exact) mass is 262 g/mol. The van der Waals surface area contributed by atoms with E-state index in [0.717, 1.165) is 18.0 Å². The summed E-state index contributed by atoms with van der Waals surface area (Å²) in [6, 6.07) is 8.44. The molecule has 96 valence electrons. The Bertz CT molecular complexity index is 470. The standard InChI is InChI=1S/C14H18N2OS/c1-3-15-11(2)13-6-4-5-7-14(13)17-8-12-9-18-10-16-12/h4-7,9-11,15H,3,8H2,1-2H3. The van der Waals surface area contributed by atoms with Crippen molar-refractivity contribution in [2.24, 2.45) is 0 Å². The molecule has 2 rings (SSSR count). The first-order chi connectivity index (χ1) is 8.81. The largest absolute Gasteiger partial charge is 0.487 e. The molecule has 3 nitrogen and oxygen atoms in total. The summed E-state index contributed by atoms with van der Waals surface area (Å²) in [5, 5.41) is 5.41. The molecule has 1 N–H and O–H groups in total. The van der Waals surface area contributed by atoms with Gasteiger partial charge in [-0.25, -0.2) is 4.98 Å². The fourth-order valence-corrected chi connectivity index (χ4v) is 2.39. The van der Waals surface area contributed by atoms with E-state index in [9.17, 15) is 0 Å². The summed E-state index contributed by atoms with van der Waals surface area (Å²) in [6.07, 6.45) is 0. The SMILES string of the molecule is CCNC(C)c1ccccc1OCc1cscn1. The van der Waals surface area contributed by atoms with E-state index in [2.05, 4.69) is 30.2 Å². The highest BCUT2D eigenvalue weighted by Gasteiger charge is 2.10. The minimum absolute atomic E-state index is 0.293. The first-order valence-electron chi connectivity index (χ1n) is 6.13. The number of hydrogen-bond donors (Lipinski definition) is 1. The predicted octanol–water partition coefficient (Wildman–Crippen LogP) is 3.39. The molecule has 0 saturated carbocycles. The minimum Gasteiger partial charge on any atom is -0.487 e. The van der Waals surface area contributed by atoms with Crippen LogP contribution < -0.4 is 10.1 Å². The molecule has 0 saturated heterocycles. The molecule has 18 heavy (non-hydrogen) atoms. The van der Waals surface area contributed by atoms with Crippen LogP contribution in [0.2, 0.25) is 0 Å². The summed E-state index contributed by atoms with van der Waals surface area (Å²) < 4.78 is 5.85. The molecule has 0 aliphatic rings. The van der Waals surface area contributed by atoms with E-state index in [-0.39, 0.29) is 0 Å². The number of aromatic nitrogens is 1. The molecule has 2 aromatic rings. The Hall–Kier alpha value is -1.39. The van der Waals surface area contributed by atoms with Crippen molar-refractivity contribution in [1.82, 2.24) is 10.3 Å². The molecule has 1 atom stereocenters. The molecule has 1 heterocycles. The van der Waals surface area contributed by atoms with Crippen molar-refractivity contribution in [3.63, 3.8) is 0 Å². The van der Waals surface area contributed by atoms with Gasteiger partial charge in [-0.15, -0.1) is 11.3 Å². The zero-order valence-electron chi connectivity index (χ0n) is 10.7. The molecular formula is C14H18N2OS. The molecule has 0 spiro atoms. The van der Waals surface area contributed by atoms with Crippen molar-refractivity contribution < 1.29 is 4.74 Å². The van der Waals surface area contributed by atoms with Crippen molar-refractivity contribution in [2.45, 2.75) is 26.5 Å². The second-order valence-corrected chi connectivity index (χ2v) is 4.80. The molecule has 4 heteroatoms. The summed E-state index contributed by atoms with van der Waals surface area (Å²) in [7, 11) is 0. The lowest BCUT2D eigenvalue weighted by atomic mass is 10.1. The molecule has 0 radical (unpaired) electrons. The summed E-state index contributed by atoms with van der Waals surface area (Å²) in [4.78, 5) is 4.22. The summed E-state index contributed by atoms with van der Waals surface area (Å²) in [5.41, 5.74) is 3.99. The van der Waals surface area contributed by atoms with E-state index < -0.39 is 0 Å². The average Bonchev–Trinajstić information content (AvgIpc) is 2.90. The van der Waals surface area contributed by atoms with E-state index in [4.69, 9.17) is 4.74 Å². The van der Waals surface area contributed by atoms with Gasteiger partial charge in [-0.1, -0.05) is 25.1 Å². The van der Waals surface area contributed by atoms with Crippen LogP contribution in [-0.2, 0) is 6.61 Å². The summed E-state index contributed by atoms with van der Waals surface area (Å²) in [5.74, 6) is 0.930. The highest BCUT2D eigenvalue weighted by molar-refractivity contribution is 7.07. The van der Waals surface area contributed by atoms with Gasteiger partial charge in [-0.05, 0) is 19.5 Å². The van der Waals surface area contributed by atoms with Gasteiger partial charge in [0.05, 0.1) is 11.2 Å². The maximum absolute atomic E-state index is 5.85. The van der Waals surface area contributed by atoms with Gasteiger partial charge in [0.15, 0.2) is 0 Å². The van der Waals surface area contributed by atoms with Crippen LogP contribution in [-0.4, -0.2) is 11.5 Å². The predicted molar refractivity (Wildman–Crippen MR) is 75.0 cm³/mol. The van der Waals surface area contributed by atoms with Crippen LogP contribution in [0.3, 0.4) is 0 Å². The van der Waals surface area contributed by atoms with Gasteiger partial charge in [0, 0.05) is 17.0 Å². The van der Waals surface area contributed by atoms with Crippen LogP contribution in [0.5, 0.6) is 5.75 Å². The third-order valence-electron chi connectivity index (χ3n) is 2.75. The number of para-hydroxylation sites is 1. The zero-order chi connectivity index (χ0) is 12.8. The van der Waals surface area contributed by atoms with Crippen LogP contribution in [0.15, 0.2) is 35.2 Å². The fourth-order valence-electron chi connectivity index (χ4n) is 1.85. The molecule has 1 aromatic heterocycles. The summed E-state index contributed by atoms with van der Waals surface area (Å²) >= 11 is 1.59. The molecular weight excluding hydrogens is 244 g/mol. The summed E-state index contributed by atoms with van der Waals surface area (Å²) in [6.45, 7) is 5.73. The molecule has 0 amide bonds. The Morgan fingerprint density at radius 1 is 1.39 bits per heavy atom. The number of hydrogen-bond acceptors (Lipinski definition) is 4. The quantitative estimate of drug-likeness (QED) is 0.866. The van der Waals surface area contributed by atoms with Crippen molar-refractivity contribution >= 4 is 11.3 Å². The highest BCUT2D eigenvalue weighted by Crippen LogP contribution is 2.25. The van der Waals surface area contributed by atoms with Crippen LogP contribution in [0, 0.1) is 0 Å². The first kappa shape index (κ1) is 13.1. The van der Waals surface area contributed by atoms with E-state index in [1.165, 1.54) is 5.56 Å². The number of ether oxygens (including phenoxy) is 1. The number of benzene rings is 1. The smallest absolute Gasteiger partial charge is 0.131 e. The van der Waals surface area contributed by atoms with Crippen molar-refractivity contribution in [3.8, 4) is 5.75 Å². The van der Waals surface area contributed by atoms with E-state index in [0.29, 0.717) is 12.6 Å². The van der Waals surface area contributed by atoms with Crippen molar-refractivity contribution in [2.75, 3.05) is 6.54 Å². The zero-order valence-corrected chi connectivity index (χ0v) is 11.5. The van der Waals surface area contributed by atoms with Gasteiger partial charge in [0.2, 0.25) is 0 Å².